The molecule has 0 bridgehead atoms. The van der Waals surface area contributed by atoms with Crippen molar-refractivity contribution >= 4 is 22.4 Å². The Morgan fingerprint density at radius 1 is 1.06 bits per heavy atom. The lowest BCUT2D eigenvalue weighted by atomic mass is 10.1. The molecule has 0 aromatic heterocycles. The summed E-state index contributed by atoms with van der Waals surface area (Å²) in [6, 6.07) is 14.1. The van der Waals surface area contributed by atoms with Gasteiger partial charge in [-0.25, -0.2) is 10.4 Å². The first-order valence-corrected chi connectivity index (χ1v) is 5.40. The van der Waals surface area contributed by atoms with Crippen LogP contribution in [0.5, 0.6) is 0 Å². The van der Waals surface area contributed by atoms with Crippen LogP contribution in [0.2, 0.25) is 0 Å². The first-order chi connectivity index (χ1) is 7.86. The lowest BCUT2D eigenvalue weighted by molar-refractivity contribution is -0.117. The number of benzene rings is 2. The monoisotopic (exact) mass is 212 g/mol. The third-order valence-corrected chi connectivity index (χ3v) is 2.87. The Morgan fingerprint density at radius 3 is 2.69 bits per heavy atom. The molecule has 1 aliphatic heterocycles. The van der Waals surface area contributed by atoms with Gasteiger partial charge in [-0.2, -0.15) is 0 Å². The van der Waals surface area contributed by atoms with Gasteiger partial charge in [0.15, 0.2) is 0 Å². The molecule has 1 aliphatic rings. The Balaban J connectivity index is 2.19. The van der Waals surface area contributed by atoms with Gasteiger partial charge in [0.2, 0.25) is 5.91 Å². The summed E-state index contributed by atoms with van der Waals surface area (Å²) in [7, 11) is 0. The Labute approximate surface area is 93.6 Å². The smallest absolute Gasteiger partial charge is 0.242 e. The fraction of sp³-hybridized carbons (Fsp3) is 0.154. The van der Waals surface area contributed by atoms with E-state index in [1.165, 1.54) is 0 Å². The third-order valence-electron chi connectivity index (χ3n) is 2.87. The van der Waals surface area contributed by atoms with Crippen molar-refractivity contribution < 1.29 is 4.79 Å². The molecule has 0 radical (unpaired) electrons. The maximum Gasteiger partial charge on any atom is 0.242 e. The first-order valence-electron chi connectivity index (χ1n) is 5.40. The summed E-state index contributed by atoms with van der Waals surface area (Å²) in [5.74, 6) is 0.136. The Hall–Kier alpha value is -1.87. The minimum absolute atomic E-state index is 0.136. The Bertz CT molecular complexity index is 545. The SMILES string of the molecule is O=C1CCNN1c1cccc2ccccc12. The molecule has 0 aliphatic carbocycles. The van der Waals surface area contributed by atoms with Crippen molar-refractivity contribution in [2.24, 2.45) is 0 Å². The van der Waals surface area contributed by atoms with Crippen LogP contribution in [0.1, 0.15) is 6.42 Å². The average molecular weight is 212 g/mol. The summed E-state index contributed by atoms with van der Waals surface area (Å²) in [6.45, 7) is 0.724. The molecule has 2 aromatic rings. The van der Waals surface area contributed by atoms with Gasteiger partial charge in [-0.15, -0.1) is 0 Å². The molecule has 1 amide bonds. The molecule has 3 heteroatoms. The van der Waals surface area contributed by atoms with Crippen molar-refractivity contribution in [1.29, 1.82) is 0 Å². The predicted octanol–water partition coefficient (Wildman–Crippen LogP) is 2.08. The fourth-order valence-corrected chi connectivity index (χ4v) is 2.10. The molecule has 16 heavy (non-hydrogen) atoms. The molecule has 3 nitrogen and oxygen atoms in total. The maximum absolute atomic E-state index is 11.7. The molecular weight excluding hydrogens is 200 g/mol. The number of fused-ring (bicyclic) bond motifs is 1. The maximum atomic E-state index is 11.7. The van der Waals surface area contributed by atoms with Crippen LogP contribution in [0.3, 0.4) is 0 Å². The van der Waals surface area contributed by atoms with Crippen LogP contribution in [-0.4, -0.2) is 12.5 Å². The average Bonchev–Trinajstić information content (AvgIpc) is 2.75. The minimum Gasteiger partial charge on any atom is -0.273 e. The van der Waals surface area contributed by atoms with Crippen molar-refractivity contribution in [3.63, 3.8) is 0 Å². The van der Waals surface area contributed by atoms with E-state index in [0.717, 1.165) is 23.0 Å². The largest absolute Gasteiger partial charge is 0.273 e. The molecule has 2 aromatic carbocycles. The standard InChI is InChI=1S/C13H12N2O/c16-13-8-9-14-15(13)12-7-3-5-10-4-1-2-6-11(10)12/h1-7,14H,8-9H2. The van der Waals surface area contributed by atoms with E-state index in [9.17, 15) is 4.79 Å². The zero-order valence-corrected chi connectivity index (χ0v) is 8.81. The zero-order valence-electron chi connectivity index (χ0n) is 8.81. The van der Waals surface area contributed by atoms with Gasteiger partial charge in [-0.05, 0) is 11.5 Å². The number of carbonyl (C=O) groups is 1. The van der Waals surface area contributed by atoms with E-state index in [1.54, 1.807) is 5.01 Å². The zero-order chi connectivity index (χ0) is 11.0. The molecule has 3 rings (SSSR count). The molecule has 1 N–H and O–H groups in total. The number of rotatable bonds is 1. The van der Waals surface area contributed by atoms with Crippen LogP contribution in [-0.2, 0) is 4.79 Å². The number of hydrogen-bond acceptors (Lipinski definition) is 2. The van der Waals surface area contributed by atoms with E-state index in [4.69, 9.17) is 0 Å². The predicted molar refractivity (Wildman–Crippen MR) is 64.1 cm³/mol. The highest BCUT2D eigenvalue weighted by Gasteiger charge is 2.22. The summed E-state index contributed by atoms with van der Waals surface area (Å²) in [5.41, 5.74) is 4.04. The minimum atomic E-state index is 0.136. The van der Waals surface area contributed by atoms with Crippen LogP contribution in [0.25, 0.3) is 10.8 Å². The summed E-state index contributed by atoms with van der Waals surface area (Å²) in [6.07, 6.45) is 0.573. The summed E-state index contributed by atoms with van der Waals surface area (Å²) >= 11 is 0. The van der Waals surface area contributed by atoms with Crippen LogP contribution in [0, 0.1) is 0 Å². The lowest BCUT2D eigenvalue weighted by Crippen LogP contribution is -2.34. The number of nitrogens with one attached hydrogen (secondary N) is 1. The van der Waals surface area contributed by atoms with E-state index < -0.39 is 0 Å². The molecule has 80 valence electrons. The quantitative estimate of drug-likeness (QED) is 0.785. The summed E-state index contributed by atoms with van der Waals surface area (Å²) < 4.78 is 0. The van der Waals surface area contributed by atoms with Crippen molar-refractivity contribution in [2.75, 3.05) is 11.6 Å². The Morgan fingerprint density at radius 2 is 1.88 bits per heavy atom. The van der Waals surface area contributed by atoms with E-state index in [0.29, 0.717) is 6.42 Å². The molecule has 0 unspecified atom stereocenters. The number of carbonyl (C=O) groups excluding carboxylic acids is 1. The van der Waals surface area contributed by atoms with Crippen LogP contribution < -0.4 is 10.4 Å². The van der Waals surface area contributed by atoms with Crippen molar-refractivity contribution in [3.8, 4) is 0 Å². The van der Waals surface area contributed by atoms with Gasteiger partial charge in [-0.3, -0.25) is 4.79 Å². The first kappa shape index (κ1) is 9.36. The van der Waals surface area contributed by atoms with Gasteiger partial charge in [0.1, 0.15) is 0 Å². The number of amides is 1. The highest BCUT2D eigenvalue weighted by Crippen LogP contribution is 2.27. The topological polar surface area (TPSA) is 32.3 Å². The summed E-state index contributed by atoms with van der Waals surface area (Å²) in [4.78, 5) is 11.7. The second kappa shape index (κ2) is 3.61. The van der Waals surface area contributed by atoms with Gasteiger partial charge in [0, 0.05) is 18.4 Å². The van der Waals surface area contributed by atoms with Gasteiger partial charge in [0.05, 0.1) is 5.69 Å². The van der Waals surface area contributed by atoms with Crippen LogP contribution in [0.4, 0.5) is 5.69 Å². The highest BCUT2D eigenvalue weighted by atomic mass is 16.2. The van der Waals surface area contributed by atoms with Crippen molar-refractivity contribution in [3.05, 3.63) is 42.5 Å². The highest BCUT2D eigenvalue weighted by molar-refractivity contribution is 6.04. The number of hydrazine groups is 1. The molecule has 0 saturated carbocycles. The van der Waals surface area contributed by atoms with E-state index in [-0.39, 0.29) is 5.91 Å². The second-order valence-corrected chi connectivity index (χ2v) is 3.89. The van der Waals surface area contributed by atoms with Gasteiger partial charge >= 0.3 is 0 Å². The van der Waals surface area contributed by atoms with Crippen molar-refractivity contribution in [1.82, 2.24) is 5.43 Å². The number of hydrogen-bond donors (Lipinski definition) is 1. The van der Waals surface area contributed by atoms with E-state index in [2.05, 4.69) is 17.6 Å². The van der Waals surface area contributed by atoms with E-state index in [1.807, 2.05) is 30.3 Å². The fourth-order valence-electron chi connectivity index (χ4n) is 2.10. The molecule has 0 spiro atoms. The van der Waals surface area contributed by atoms with Gasteiger partial charge < -0.3 is 0 Å². The molecule has 1 fully saturated rings. The molecular formula is C13H12N2O. The van der Waals surface area contributed by atoms with Crippen LogP contribution >= 0.6 is 0 Å². The normalized spacial score (nSPS) is 16.0. The Kier molecular flexibility index (Phi) is 2.11. The lowest BCUT2D eigenvalue weighted by Gasteiger charge is -2.17. The van der Waals surface area contributed by atoms with Crippen LogP contribution in [0.15, 0.2) is 42.5 Å². The van der Waals surface area contributed by atoms with Crippen molar-refractivity contribution in [2.45, 2.75) is 6.42 Å². The molecule has 0 atom stereocenters. The number of nitrogens with zero attached hydrogens (tertiary/aromatic N) is 1. The van der Waals surface area contributed by atoms with Gasteiger partial charge in [-0.1, -0.05) is 36.4 Å². The van der Waals surface area contributed by atoms with Gasteiger partial charge in [0.25, 0.3) is 0 Å². The number of anilines is 1. The third kappa shape index (κ3) is 1.37. The molecule has 1 heterocycles. The summed E-state index contributed by atoms with van der Waals surface area (Å²) in [5, 5.41) is 3.91. The van der Waals surface area contributed by atoms with E-state index >= 15 is 0 Å². The molecule has 1 saturated heterocycles. The second-order valence-electron chi connectivity index (χ2n) is 3.89.